The highest BCUT2D eigenvalue weighted by atomic mass is 16.5. The normalized spacial score (nSPS) is 14.2. The number of allylic oxidation sites excluding steroid dienone is 1. The molecule has 0 bridgehead atoms. The molecule has 2 N–H and O–H groups in total. The topological polar surface area (TPSA) is 136 Å². The third-order valence-corrected chi connectivity index (χ3v) is 6.06. The highest BCUT2D eigenvalue weighted by molar-refractivity contribution is 6.22. The number of H-pyrrole nitrogens is 1. The lowest BCUT2D eigenvalue weighted by atomic mass is 10.0. The van der Waals surface area contributed by atoms with Crippen molar-refractivity contribution in [3.05, 3.63) is 107 Å². The molecule has 0 fully saturated rings. The molecule has 1 atom stereocenters. The van der Waals surface area contributed by atoms with Gasteiger partial charge in [0.15, 0.2) is 11.6 Å². The molecule has 0 saturated carbocycles. The molecule has 0 radical (unpaired) electrons. The number of nitrogens with one attached hydrogen (secondary N) is 1. The Morgan fingerprint density at radius 3 is 2.24 bits per heavy atom. The van der Waals surface area contributed by atoms with E-state index in [-0.39, 0.29) is 28.9 Å². The average molecular weight is 492 g/mol. The van der Waals surface area contributed by atoms with Gasteiger partial charge in [-0.15, -0.1) is 0 Å². The molecule has 37 heavy (non-hydrogen) atoms. The minimum atomic E-state index is -1.28. The van der Waals surface area contributed by atoms with Crippen LogP contribution in [0.2, 0.25) is 0 Å². The predicted molar refractivity (Wildman–Crippen MR) is 133 cm³/mol. The quantitative estimate of drug-likeness (QED) is 0.173. The van der Waals surface area contributed by atoms with Crippen LogP contribution in [0, 0.1) is 11.3 Å². The Hall–Kier alpha value is -5.23. The number of hydrogen-bond acceptors (Lipinski definition) is 7. The number of para-hydroxylation sites is 2. The van der Waals surface area contributed by atoms with E-state index >= 15 is 0 Å². The van der Waals surface area contributed by atoms with E-state index in [0.717, 1.165) is 4.90 Å². The summed E-state index contributed by atoms with van der Waals surface area (Å²) in [7, 11) is 0. The summed E-state index contributed by atoms with van der Waals surface area (Å²) in [6.07, 6.45) is 0.0182. The molecule has 1 aliphatic rings. The summed E-state index contributed by atoms with van der Waals surface area (Å²) in [6, 6.07) is 23.0. The molecule has 1 unspecified atom stereocenters. The lowest BCUT2D eigenvalue weighted by Crippen LogP contribution is -2.47. The van der Waals surface area contributed by atoms with Gasteiger partial charge in [0.2, 0.25) is 0 Å². The third-order valence-electron chi connectivity index (χ3n) is 6.06. The first-order chi connectivity index (χ1) is 18.0. The number of benzene rings is 3. The standard InChI is InChI=1S/C28H20N4O5/c29-15-20(25-30-21-12-6-7-13-22(21)31-25)24(33)16-37-28(36)23(14-17-8-2-1-3-9-17)32-26(34)18-10-4-5-11-19(18)27(32)35/h1-13,23,33H,14,16H2,(H,30,31)/b24-20-. The fourth-order valence-corrected chi connectivity index (χ4v) is 4.24. The van der Waals surface area contributed by atoms with Crippen molar-refractivity contribution in [3.8, 4) is 6.07 Å². The molecule has 5 rings (SSSR count). The average Bonchev–Trinajstić information content (AvgIpc) is 3.46. The fourth-order valence-electron chi connectivity index (χ4n) is 4.24. The van der Waals surface area contributed by atoms with Gasteiger partial charge in [0.25, 0.3) is 11.8 Å². The number of rotatable bonds is 7. The van der Waals surface area contributed by atoms with Gasteiger partial charge >= 0.3 is 5.97 Å². The first-order valence-electron chi connectivity index (χ1n) is 11.4. The lowest BCUT2D eigenvalue weighted by Gasteiger charge is -2.24. The van der Waals surface area contributed by atoms with Crippen molar-refractivity contribution in [1.82, 2.24) is 14.9 Å². The minimum absolute atomic E-state index is 0.0182. The number of fused-ring (bicyclic) bond motifs is 2. The molecule has 9 nitrogen and oxygen atoms in total. The molecule has 0 saturated heterocycles. The summed E-state index contributed by atoms with van der Waals surface area (Å²) in [5.74, 6) is -2.49. The number of hydrogen-bond donors (Lipinski definition) is 2. The first-order valence-corrected chi connectivity index (χ1v) is 11.4. The van der Waals surface area contributed by atoms with Gasteiger partial charge in [0.05, 0.1) is 22.2 Å². The summed E-state index contributed by atoms with van der Waals surface area (Å²) < 4.78 is 5.34. The van der Waals surface area contributed by atoms with Crippen LogP contribution in [0.4, 0.5) is 0 Å². The number of carbonyl (C=O) groups excluding carboxylic acids is 3. The second kappa shape index (κ2) is 9.79. The molecule has 2 amide bonds. The predicted octanol–water partition coefficient (Wildman–Crippen LogP) is 3.81. The third kappa shape index (κ3) is 4.44. The maximum atomic E-state index is 13.3. The van der Waals surface area contributed by atoms with Gasteiger partial charge in [-0.05, 0) is 29.8 Å². The summed E-state index contributed by atoms with van der Waals surface area (Å²) in [4.78, 5) is 47.6. The van der Waals surface area contributed by atoms with Crippen LogP contribution in [0.1, 0.15) is 32.1 Å². The van der Waals surface area contributed by atoms with Gasteiger partial charge in [-0.25, -0.2) is 9.78 Å². The number of carbonyl (C=O) groups is 3. The number of aliphatic hydroxyl groups is 1. The monoisotopic (exact) mass is 492 g/mol. The summed E-state index contributed by atoms with van der Waals surface area (Å²) in [5.41, 5.74) is 2.20. The van der Waals surface area contributed by atoms with Crippen LogP contribution in [-0.4, -0.2) is 50.4 Å². The summed E-state index contributed by atoms with van der Waals surface area (Å²) in [6.45, 7) is -0.646. The van der Waals surface area contributed by atoms with E-state index in [1.54, 1.807) is 60.7 Å². The van der Waals surface area contributed by atoms with E-state index in [4.69, 9.17) is 4.74 Å². The van der Waals surface area contributed by atoms with E-state index in [9.17, 15) is 24.8 Å². The SMILES string of the molecule is N#C/C(=C(/O)COC(=O)C(Cc1ccccc1)N1C(=O)c2ccccc2C1=O)c1nc2ccccc2[nH]1. The Balaban J connectivity index is 1.41. The van der Waals surface area contributed by atoms with E-state index in [2.05, 4.69) is 9.97 Å². The number of esters is 1. The van der Waals surface area contributed by atoms with Crippen LogP contribution in [0.25, 0.3) is 16.6 Å². The van der Waals surface area contributed by atoms with Gasteiger partial charge in [0, 0.05) is 6.42 Å². The van der Waals surface area contributed by atoms with Crippen molar-refractivity contribution in [2.45, 2.75) is 12.5 Å². The lowest BCUT2D eigenvalue weighted by molar-refractivity contribution is -0.148. The van der Waals surface area contributed by atoms with E-state index < -0.39 is 36.2 Å². The molecule has 4 aromatic rings. The van der Waals surface area contributed by atoms with Crippen LogP contribution in [-0.2, 0) is 16.0 Å². The maximum Gasteiger partial charge on any atom is 0.330 e. The molecule has 2 heterocycles. The van der Waals surface area contributed by atoms with Gasteiger partial charge < -0.3 is 14.8 Å². The zero-order valence-corrected chi connectivity index (χ0v) is 19.4. The number of ether oxygens (including phenoxy) is 1. The van der Waals surface area contributed by atoms with Crippen LogP contribution >= 0.6 is 0 Å². The Morgan fingerprint density at radius 2 is 1.59 bits per heavy atom. The molecule has 1 aromatic heterocycles. The van der Waals surface area contributed by atoms with Crippen molar-refractivity contribution >= 4 is 34.4 Å². The van der Waals surface area contributed by atoms with E-state index in [1.165, 1.54) is 12.1 Å². The van der Waals surface area contributed by atoms with Gasteiger partial charge in [-0.3, -0.25) is 14.5 Å². The molecule has 9 heteroatoms. The number of nitriles is 1. The van der Waals surface area contributed by atoms with Gasteiger partial charge in [-0.1, -0.05) is 54.6 Å². The number of amides is 2. The van der Waals surface area contributed by atoms with Crippen LogP contribution in [0.3, 0.4) is 0 Å². The Bertz CT molecular complexity index is 1530. The molecule has 3 aromatic carbocycles. The largest absolute Gasteiger partial charge is 0.507 e. The highest BCUT2D eigenvalue weighted by Crippen LogP contribution is 2.27. The molecule has 1 aliphatic heterocycles. The number of nitrogens with zero attached hydrogens (tertiary/aromatic N) is 3. The maximum absolute atomic E-state index is 13.3. The van der Waals surface area contributed by atoms with Gasteiger partial charge in [0.1, 0.15) is 24.3 Å². The molecular weight excluding hydrogens is 472 g/mol. The second-order valence-corrected chi connectivity index (χ2v) is 8.38. The number of aliphatic hydroxyl groups excluding tert-OH is 1. The van der Waals surface area contributed by atoms with Crippen LogP contribution in [0.15, 0.2) is 84.6 Å². The molecule has 0 aliphatic carbocycles. The highest BCUT2D eigenvalue weighted by Gasteiger charge is 2.43. The smallest absolute Gasteiger partial charge is 0.330 e. The van der Waals surface area contributed by atoms with Crippen LogP contribution in [0.5, 0.6) is 0 Å². The van der Waals surface area contributed by atoms with Crippen molar-refractivity contribution in [3.63, 3.8) is 0 Å². The fraction of sp³-hybridized carbons (Fsp3) is 0.107. The summed E-state index contributed by atoms with van der Waals surface area (Å²) in [5, 5.41) is 20.2. The van der Waals surface area contributed by atoms with E-state index in [0.29, 0.717) is 16.6 Å². The molecule has 182 valence electrons. The van der Waals surface area contributed by atoms with Crippen molar-refractivity contribution < 1.29 is 24.2 Å². The zero-order valence-electron chi connectivity index (χ0n) is 19.4. The number of aromatic nitrogens is 2. The molecule has 0 spiro atoms. The molecular formula is C28H20N4O5. The van der Waals surface area contributed by atoms with E-state index in [1.807, 2.05) is 12.1 Å². The summed E-state index contributed by atoms with van der Waals surface area (Å²) >= 11 is 0. The van der Waals surface area contributed by atoms with Crippen LogP contribution < -0.4 is 0 Å². The Morgan fingerprint density at radius 1 is 0.973 bits per heavy atom. The zero-order chi connectivity index (χ0) is 25.9. The number of aromatic amines is 1. The number of imide groups is 1. The second-order valence-electron chi connectivity index (χ2n) is 8.38. The Labute approximate surface area is 211 Å². The van der Waals surface area contributed by atoms with Crippen molar-refractivity contribution in [2.75, 3.05) is 6.61 Å². The van der Waals surface area contributed by atoms with Gasteiger partial charge in [-0.2, -0.15) is 5.26 Å². The first kappa shape index (κ1) is 23.5. The minimum Gasteiger partial charge on any atom is -0.507 e. The van der Waals surface area contributed by atoms with Crippen molar-refractivity contribution in [2.24, 2.45) is 0 Å². The van der Waals surface area contributed by atoms with Crippen molar-refractivity contribution in [1.29, 1.82) is 5.26 Å². The Kier molecular flexibility index (Phi) is 6.22. The number of imidazole rings is 1.